The molecule has 1 aromatic rings. The second-order valence-electron chi connectivity index (χ2n) is 6.48. The van der Waals surface area contributed by atoms with E-state index in [4.69, 9.17) is 0 Å². The molecule has 30 heavy (non-hydrogen) atoms. The molecule has 0 N–H and O–H groups in total. The van der Waals surface area contributed by atoms with Gasteiger partial charge in [-0.15, -0.1) is 10.3 Å². The zero-order valence-corrected chi connectivity index (χ0v) is 17.0. The Bertz CT molecular complexity index is 909. The molecule has 0 aliphatic carbocycles. The van der Waals surface area contributed by atoms with Crippen molar-refractivity contribution in [1.29, 1.82) is 0 Å². The third-order valence-electron chi connectivity index (χ3n) is 3.60. The highest BCUT2D eigenvalue weighted by Gasteiger charge is 2.86. The van der Waals surface area contributed by atoms with Crippen LogP contribution in [-0.2, 0) is 19.5 Å². The molecule has 0 bridgehead atoms. The molecular weight excluding hydrogens is 479 g/mol. The number of rotatable bonds is 8. The predicted molar refractivity (Wildman–Crippen MR) is 90.5 cm³/mol. The van der Waals surface area contributed by atoms with Gasteiger partial charge in [0.2, 0.25) is 0 Å². The van der Waals surface area contributed by atoms with E-state index in [0.717, 1.165) is 19.4 Å². The van der Waals surface area contributed by atoms with Crippen LogP contribution in [0.25, 0.3) is 0 Å². The number of halogens is 9. The second-order valence-corrected chi connectivity index (χ2v) is 11.6. The van der Waals surface area contributed by atoms with Crippen LogP contribution in [0.5, 0.6) is 0 Å². The van der Waals surface area contributed by atoms with Crippen LogP contribution >= 0.6 is 10.3 Å². The van der Waals surface area contributed by atoms with E-state index in [2.05, 4.69) is 3.63 Å². The maximum atomic E-state index is 13.8. The summed E-state index contributed by atoms with van der Waals surface area (Å²) in [6, 6.07) is 5.34. The van der Waals surface area contributed by atoms with Crippen LogP contribution in [0, 0.1) is 0 Å². The molecule has 0 atom stereocenters. The average molecular weight is 494 g/mol. The van der Waals surface area contributed by atoms with Gasteiger partial charge in [-0.25, -0.2) is 3.63 Å². The molecule has 15 heteroatoms. The van der Waals surface area contributed by atoms with Crippen LogP contribution < -0.4 is 0 Å². The second kappa shape index (κ2) is 7.89. The number of benzene rings is 1. The van der Waals surface area contributed by atoms with Crippen molar-refractivity contribution < 1.29 is 56.4 Å². The lowest BCUT2D eigenvalue weighted by Gasteiger charge is -2.36. The van der Waals surface area contributed by atoms with Crippen molar-refractivity contribution in [2.75, 3.05) is 12.5 Å². The number of Topliss-reactive ketones (excluding diaryl/α,β-unsaturated/α-hetero) is 1. The molecule has 0 fully saturated rings. The van der Waals surface area contributed by atoms with Crippen molar-refractivity contribution in [3.8, 4) is 0 Å². The minimum absolute atomic E-state index is 0.0137. The van der Waals surface area contributed by atoms with Gasteiger partial charge in [0.25, 0.3) is 0 Å². The summed E-state index contributed by atoms with van der Waals surface area (Å²) in [4.78, 5) is 11.6. The third kappa shape index (κ3) is 4.72. The Balaban J connectivity index is 3.33. The molecular formula is C15H15F9O4S2. The van der Waals surface area contributed by atoms with E-state index in [-0.39, 0.29) is 11.1 Å². The molecule has 0 aliphatic rings. The van der Waals surface area contributed by atoms with E-state index in [1.165, 1.54) is 24.3 Å². The van der Waals surface area contributed by atoms with Crippen molar-refractivity contribution in [2.45, 2.75) is 36.0 Å². The topological polar surface area (TPSA) is 60.4 Å². The first-order valence-corrected chi connectivity index (χ1v) is 11.5. The SMILES string of the molecule is CC(=O)c1ccccc1CS(C)(C)OS(=O)(=O)C(F)(F)C(F)(F)C(F)(F)C(F)(F)F. The van der Waals surface area contributed by atoms with Crippen molar-refractivity contribution >= 4 is 26.2 Å². The summed E-state index contributed by atoms with van der Waals surface area (Å²) in [5, 5.41) is -6.93. The molecule has 0 saturated carbocycles. The number of carbonyl (C=O) groups excluding carboxylic acids is 1. The van der Waals surface area contributed by atoms with E-state index < -0.39 is 55.2 Å². The van der Waals surface area contributed by atoms with E-state index in [9.17, 15) is 52.7 Å². The molecule has 0 heterocycles. The minimum atomic E-state index is -7.37. The highest BCUT2D eigenvalue weighted by Crippen LogP contribution is 2.57. The first-order chi connectivity index (χ1) is 13.1. The highest BCUT2D eigenvalue weighted by molar-refractivity contribution is 8.31. The fourth-order valence-corrected chi connectivity index (χ4v) is 6.11. The molecule has 174 valence electrons. The van der Waals surface area contributed by atoms with Gasteiger partial charge in [-0.3, -0.25) is 4.79 Å². The van der Waals surface area contributed by atoms with Gasteiger partial charge in [0.1, 0.15) is 0 Å². The monoisotopic (exact) mass is 494 g/mol. The zero-order valence-electron chi connectivity index (χ0n) is 15.4. The Morgan fingerprint density at radius 1 is 0.900 bits per heavy atom. The maximum Gasteiger partial charge on any atom is 0.460 e. The molecule has 0 aliphatic heterocycles. The maximum absolute atomic E-state index is 13.8. The molecule has 0 unspecified atom stereocenters. The number of hydrogen-bond donors (Lipinski definition) is 0. The fraction of sp³-hybridized carbons (Fsp3) is 0.533. The Kier molecular flexibility index (Phi) is 6.99. The van der Waals surface area contributed by atoms with E-state index in [1.54, 1.807) is 0 Å². The van der Waals surface area contributed by atoms with Crippen LogP contribution in [0.15, 0.2) is 24.3 Å². The molecule has 1 aromatic carbocycles. The summed E-state index contributed by atoms with van der Waals surface area (Å²) >= 11 is 0. The quantitative estimate of drug-likeness (QED) is 0.371. The van der Waals surface area contributed by atoms with Crippen molar-refractivity contribution in [3.05, 3.63) is 35.4 Å². The summed E-state index contributed by atoms with van der Waals surface area (Å²) in [7, 11) is -10.3. The summed E-state index contributed by atoms with van der Waals surface area (Å²) in [5.74, 6) is -15.9. The van der Waals surface area contributed by atoms with E-state index in [1.807, 2.05) is 0 Å². The van der Waals surface area contributed by atoms with Gasteiger partial charge in [0, 0.05) is 11.3 Å². The van der Waals surface area contributed by atoms with Gasteiger partial charge in [-0.05, 0) is 25.0 Å². The van der Waals surface area contributed by atoms with Crippen LogP contribution in [0.2, 0.25) is 0 Å². The van der Waals surface area contributed by atoms with Crippen molar-refractivity contribution in [1.82, 2.24) is 0 Å². The first kappa shape index (κ1) is 26.6. The number of ketones is 1. The van der Waals surface area contributed by atoms with Crippen LogP contribution in [0.3, 0.4) is 0 Å². The minimum Gasteiger partial charge on any atom is -0.295 e. The molecule has 1 rings (SSSR count). The van der Waals surface area contributed by atoms with Crippen molar-refractivity contribution in [3.63, 3.8) is 0 Å². The summed E-state index contributed by atoms with van der Waals surface area (Å²) in [5.41, 5.74) is 0.0793. The van der Waals surface area contributed by atoms with E-state index in [0.29, 0.717) is 0 Å². The lowest BCUT2D eigenvalue weighted by molar-refractivity contribution is -0.382. The Labute approximate surface area is 167 Å². The fourth-order valence-electron chi connectivity index (χ4n) is 2.19. The van der Waals surface area contributed by atoms with E-state index >= 15 is 0 Å². The van der Waals surface area contributed by atoms with Crippen LogP contribution in [0.4, 0.5) is 39.5 Å². The number of hydrogen-bond acceptors (Lipinski definition) is 4. The largest absolute Gasteiger partial charge is 0.460 e. The molecule has 0 saturated heterocycles. The smallest absolute Gasteiger partial charge is 0.295 e. The van der Waals surface area contributed by atoms with Crippen LogP contribution in [-0.4, -0.2) is 50.0 Å². The highest BCUT2D eigenvalue weighted by atomic mass is 32.3. The molecule has 4 nitrogen and oxygen atoms in total. The average Bonchev–Trinajstić information content (AvgIpc) is 2.51. The van der Waals surface area contributed by atoms with Crippen molar-refractivity contribution in [2.24, 2.45) is 0 Å². The molecule has 0 aromatic heterocycles. The van der Waals surface area contributed by atoms with Gasteiger partial charge in [-0.2, -0.15) is 47.9 Å². The lowest BCUT2D eigenvalue weighted by atomic mass is 10.1. The summed E-state index contributed by atoms with van der Waals surface area (Å²) in [6.45, 7) is 1.12. The predicted octanol–water partition coefficient (Wildman–Crippen LogP) is 5.14. The Hall–Kier alpha value is -1.48. The van der Waals surface area contributed by atoms with Gasteiger partial charge in [0.05, 0.1) is 0 Å². The third-order valence-corrected chi connectivity index (χ3v) is 7.68. The first-order valence-electron chi connectivity index (χ1n) is 7.56. The molecule has 0 amide bonds. The van der Waals surface area contributed by atoms with Gasteiger partial charge in [0.15, 0.2) is 5.78 Å². The molecule has 0 radical (unpaired) electrons. The normalized spacial score (nSPS) is 15.2. The van der Waals surface area contributed by atoms with Crippen LogP contribution in [0.1, 0.15) is 22.8 Å². The lowest BCUT2D eigenvalue weighted by Crippen LogP contribution is -2.63. The molecule has 0 spiro atoms. The Morgan fingerprint density at radius 2 is 1.37 bits per heavy atom. The van der Waals surface area contributed by atoms with Gasteiger partial charge >= 0.3 is 33.4 Å². The van der Waals surface area contributed by atoms with Gasteiger partial charge in [-0.1, -0.05) is 24.3 Å². The summed E-state index contributed by atoms with van der Waals surface area (Å²) in [6.07, 6.45) is -5.45. The Morgan fingerprint density at radius 3 is 1.80 bits per heavy atom. The van der Waals surface area contributed by atoms with Gasteiger partial charge < -0.3 is 0 Å². The number of alkyl halides is 9. The number of carbonyl (C=O) groups is 1. The summed E-state index contributed by atoms with van der Waals surface area (Å²) < 4.78 is 144. The zero-order chi connectivity index (χ0) is 24.0. The standard InChI is InChI=1S/C15H15F9O4S2/c1-9(25)11-7-5-4-6-10(11)8-29(2,3)28-30(26,27)15(23,24)13(18,19)12(16,17)14(20,21)22/h4-7H,8H2,1-3H3.